The smallest absolute Gasteiger partial charge is 0.214 e. The number of nitrogens with two attached hydrogens (primary N) is 2. The summed E-state index contributed by atoms with van der Waals surface area (Å²) in [4.78, 5) is 0.942. The maximum Gasteiger partial charge on any atom is 0.214 e. The molecule has 1 aromatic carbocycles. The van der Waals surface area contributed by atoms with Crippen LogP contribution in [-0.4, -0.2) is 14.9 Å². The van der Waals surface area contributed by atoms with Crippen LogP contribution < -0.4 is 11.6 Å². The van der Waals surface area contributed by atoms with Gasteiger partial charge in [0.1, 0.15) is 0 Å². The Morgan fingerprint density at radius 2 is 2.12 bits per heavy atom. The van der Waals surface area contributed by atoms with Gasteiger partial charge in [0, 0.05) is 17.0 Å². The number of nitrogen functional groups attached to an aromatic ring is 2. The third kappa shape index (κ3) is 2.36. The quantitative estimate of drug-likeness (QED) is 0.637. The Labute approximate surface area is 104 Å². The van der Waals surface area contributed by atoms with Gasteiger partial charge in [0.15, 0.2) is 5.82 Å². The molecule has 5 nitrogen and oxygen atoms in total. The third-order valence-electron chi connectivity index (χ3n) is 2.42. The number of aromatic nitrogens is 3. The maximum atomic E-state index is 5.94. The van der Waals surface area contributed by atoms with Gasteiger partial charge in [-0.2, -0.15) is 0 Å². The lowest BCUT2D eigenvalue weighted by molar-refractivity contribution is 0.796. The molecule has 0 radical (unpaired) electrons. The Morgan fingerprint density at radius 1 is 1.35 bits per heavy atom. The van der Waals surface area contributed by atoms with Crippen LogP contribution in [0.2, 0.25) is 0 Å². The van der Waals surface area contributed by atoms with Gasteiger partial charge in [-0.3, -0.25) is 0 Å². The third-order valence-corrected chi connectivity index (χ3v) is 3.47. The highest BCUT2D eigenvalue weighted by Crippen LogP contribution is 2.30. The number of benzene rings is 1. The lowest BCUT2D eigenvalue weighted by Crippen LogP contribution is -2.13. The summed E-state index contributed by atoms with van der Waals surface area (Å²) in [7, 11) is 0. The molecule has 0 unspecified atom stereocenters. The van der Waals surface area contributed by atoms with Gasteiger partial charge >= 0.3 is 0 Å². The second-order valence-electron chi connectivity index (χ2n) is 3.77. The first-order chi connectivity index (χ1) is 8.11. The predicted molar refractivity (Wildman–Crippen MR) is 69.3 cm³/mol. The van der Waals surface area contributed by atoms with Crippen molar-refractivity contribution in [1.29, 1.82) is 0 Å². The molecule has 2 aromatic rings. The van der Waals surface area contributed by atoms with Gasteiger partial charge in [-0.15, -0.1) is 10.2 Å². The molecule has 6 heteroatoms. The van der Waals surface area contributed by atoms with E-state index in [1.165, 1.54) is 16.4 Å². The highest BCUT2D eigenvalue weighted by Gasteiger charge is 2.11. The fourth-order valence-electron chi connectivity index (χ4n) is 1.48. The van der Waals surface area contributed by atoms with Crippen LogP contribution in [0.5, 0.6) is 0 Å². The van der Waals surface area contributed by atoms with Crippen LogP contribution in [0.4, 0.5) is 5.69 Å². The zero-order chi connectivity index (χ0) is 12.4. The number of anilines is 1. The number of aryl methyl sites for hydroxylation is 2. The van der Waals surface area contributed by atoms with Crippen LogP contribution >= 0.6 is 11.8 Å². The van der Waals surface area contributed by atoms with Gasteiger partial charge in [-0.1, -0.05) is 13.0 Å². The molecule has 0 aliphatic carbocycles. The fraction of sp³-hybridized carbons (Fsp3) is 0.273. The van der Waals surface area contributed by atoms with Crippen molar-refractivity contribution in [3.05, 3.63) is 29.6 Å². The van der Waals surface area contributed by atoms with E-state index in [-0.39, 0.29) is 0 Å². The zero-order valence-electron chi connectivity index (χ0n) is 9.84. The molecular formula is C11H15N5S. The van der Waals surface area contributed by atoms with E-state index in [0.29, 0.717) is 5.16 Å². The highest BCUT2D eigenvalue weighted by atomic mass is 32.2. The standard InChI is InChI=1S/C11H15N5S/c1-3-10-14-15-11(16(10)13)17-9-5-4-7(2)6-8(9)12/h4-6H,3,12-13H2,1-2H3. The molecule has 0 aliphatic rings. The highest BCUT2D eigenvalue weighted by molar-refractivity contribution is 7.99. The first kappa shape index (κ1) is 11.8. The first-order valence-corrected chi connectivity index (χ1v) is 6.16. The second-order valence-corrected chi connectivity index (χ2v) is 4.77. The SMILES string of the molecule is CCc1nnc(Sc2ccc(C)cc2N)n1N. The normalized spacial score (nSPS) is 10.7. The molecule has 0 atom stereocenters. The molecule has 0 saturated carbocycles. The Bertz CT molecular complexity index is 535. The van der Waals surface area contributed by atoms with Crippen LogP contribution in [0.3, 0.4) is 0 Å². The van der Waals surface area contributed by atoms with Gasteiger partial charge in [-0.05, 0) is 36.4 Å². The molecule has 0 bridgehead atoms. The van der Waals surface area contributed by atoms with E-state index >= 15 is 0 Å². The Hall–Kier alpha value is -1.69. The Morgan fingerprint density at radius 3 is 2.71 bits per heavy atom. The molecule has 0 fully saturated rings. The lowest BCUT2D eigenvalue weighted by atomic mass is 10.2. The summed E-state index contributed by atoms with van der Waals surface area (Å²) in [6, 6.07) is 5.91. The van der Waals surface area contributed by atoms with Crippen molar-refractivity contribution in [3.8, 4) is 0 Å². The minimum absolute atomic E-state index is 0.650. The molecule has 0 saturated heterocycles. The molecule has 0 amide bonds. The van der Waals surface area contributed by atoms with Crippen LogP contribution in [0.15, 0.2) is 28.3 Å². The average Bonchev–Trinajstić information content (AvgIpc) is 2.64. The molecule has 1 heterocycles. The largest absolute Gasteiger partial charge is 0.398 e. The second kappa shape index (κ2) is 4.67. The fourth-order valence-corrected chi connectivity index (χ4v) is 2.27. The van der Waals surface area contributed by atoms with Crippen molar-refractivity contribution in [2.75, 3.05) is 11.6 Å². The van der Waals surface area contributed by atoms with Gasteiger partial charge in [0.05, 0.1) is 0 Å². The van der Waals surface area contributed by atoms with E-state index in [1.54, 1.807) is 0 Å². The summed E-state index contributed by atoms with van der Waals surface area (Å²) in [6.07, 6.45) is 0.757. The van der Waals surface area contributed by atoms with Crippen molar-refractivity contribution < 1.29 is 0 Å². The van der Waals surface area contributed by atoms with Crippen LogP contribution in [0.25, 0.3) is 0 Å². The van der Waals surface area contributed by atoms with E-state index in [9.17, 15) is 0 Å². The average molecular weight is 249 g/mol. The van der Waals surface area contributed by atoms with Gasteiger partial charge in [0.2, 0.25) is 5.16 Å². The van der Waals surface area contributed by atoms with Crippen molar-refractivity contribution in [1.82, 2.24) is 14.9 Å². The number of rotatable bonds is 3. The number of nitrogens with zero attached hydrogens (tertiary/aromatic N) is 3. The molecule has 2 rings (SSSR count). The summed E-state index contributed by atoms with van der Waals surface area (Å²) in [6.45, 7) is 3.99. The summed E-state index contributed by atoms with van der Waals surface area (Å²) >= 11 is 1.43. The molecular weight excluding hydrogens is 234 g/mol. The van der Waals surface area contributed by atoms with Crippen LogP contribution in [0, 0.1) is 6.92 Å². The van der Waals surface area contributed by atoms with Crippen LogP contribution in [-0.2, 0) is 6.42 Å². The van der Waals surface area contributed by atoms with Gasteiger partial charge in [0.25, 0.3) is 0 Å². The predicted octanol–water partition coefficient (Wildman–Crippen LogP) is 1.60. The summed E-state index contributed by atoms with van der Waals surface area (Å²) < 4.78 is 1.50. The number of hydrogen-bond acceptors (Lipinski definition) is 5. The van der Waals surface area contributed by atoms with E-state index in [4.69, 9.17) is 11.6 Å². The molecule has 90 valence electrons. The minimum Gasteiger partial charge on any atom is -0.398 e. The van der Waals surface area contributed by atoms with Gasteiger partial charge in [-0.25, -0.2) is 4.68 Å². The topological polar surface area (TPSA) is 82.8 Å². The van der Waals surface area contributed by atoms with Crippen molar-refractivity contribution >= 4 is 17.4 Å². The lowest BCUT2D eigenvalue weighted by Gasteiger charge is -2.05. The molecule has 1 aromatic heterocycles. The van der Waals surface area contributed by atoms with E-state index in [1.807, 2.05) is 32.0 Å². The molecule has 0 aliphatic heterocycles. The van der Waals surface area contributed by atoms with Gasteiger partial charge < -0.3 is 11.6 Å². The summed E-state index contributed by atoms with van der Waals surface area (Å²) in [5, 5.41) is 8.70. The number of hydrogen-bond donors (Lipinski definition) is 2. The van der Waals surface area contributed by atoms with Crippen LogP contribution in [0.1, 0.15) is 18.3 Å². The van der Waals surface area contributed by atoms with Crippen molar-refractivity contribution in [2.45, 2.75) is 30.3 Å². The Balaban J connectivity index is 2.28. The summed E-state index contributed by atoms with van der Waals surface area (Å²) in [5.41, 5.74) is 7.81. The van der Waals surface area contributed by atoms with Crippen molar-refractivity contribution in [2.24, 2.45) is 0 Å². The maximum absolute atomic E-state index is 5.94. The monoisotopic (exact) mass is 249 g/mol. The molecule has 17 heavy (non-hydrogen) atoms. The molecule has 0 spiro atoms. The van der Waals surface area contributed by atoms with E-state index in [2.05, 4.69) is 10.2 Å². The molecule has 4 N–H and O–H groups in total. The first-order valence-electron chi connectivity index (χ1n) is 5.35. The van der Waals surface area contributed by atoms with Crippen molar-refractivity contribution in [3.63, 3.8) is 0 Å². The minimum atomic E-state index is 0.650. The zero-order valence-corrected chi connectivity index (χ0v) is 10.7. The Kier molecular flexibility index (Phi) is 3.23. The summed E-state index contributed by atoms with van der Waals surface area (Å²) in [5.74, 6) is 6.63. The van der Waals surface area contributed by atoms with E-state index < -0.39 is 0 Å². The van der Waals surface area contributed by atoms with E-state index in [0.717, 1.165) is 28.4 Å².